The second kappa shape index (κ2) is 13.5. The third-order valence-electron chi connectivity index (χ3n) is 7.69. The van der Waals surface area contributed by atoms with E-state index >= 15 is 0 Å². The number of carbonyl (C=O) groups is 2. The molecule has 234 valence electrons. The summed E-state index contributed by atoms with van der Waals surface area (Å²) >= 11 is 13.1. The van der Waals surface area contributed by atoms with Gasteiger partial charge >= 0.3 is 12.1 Å². The number of carboxylic acids is 1. The number of halogens is 5. The Hall–Kier alpha value is -4.08. The number of ketones is 1. The van der Waals surface area contributed by atoms with Crippen molar-refractivity contribution in [2.75, 3.05) is 12.4 Å². The smallest absolute Gasteiger partial charge is 0.416 e. The summed E-state index contributed by atoms with van der Waals surface area (Å²) in [5.74, 6) is -0.704. The van der Waals surface area contributed by atoms with Gasteiger partial charge in [-0.25, -0.2) is 0 Å². The van der Waals surface area contributed by atoms with Crippen molar-refractivity contribution in [1.82, 2.24) is 4.98 Å². The van der Waals surface area contributed by atoms with Crippen LogP contribution in [0.15, 0.2) is 66.9 Å². The summed E-state index contributed by atoms with van der Waals surface area (Å²) in [6.07, 6.45) is -1.54. The first-order valence-corrected chi connectivity index (χ1v) is 15.0. The number of carboxylic acid groups (broad SMARTS) is 1. The van der Waals surface area contributed by atoms with Gasteiger partial charge in [-0.2, -0.15) is 13.2 Å². The lowest BCUT2D eigenvalue weighted by atomic mass is 9.90. The van der Waals surface area contributed by atoms with Gasteiger partial charge in [0.05, 0.1) is 22.7 Å². The van der Waals surface area contributed by atoms with Crippen LogP contribution in [0.1, 0.15) is 65.2 Å². The van der Waals surface area contributed by atoms with Gasteiger partial charge in [-0.1, -0.05) is 35.3 Å². The highest BCUT2D eigenvalue weighted by atomic mass is 35.5. The molecule has 6 nitrogen and oxygen atoms in total. The molecule has 0 atom stereocenters. The number of hydrogen-bond donors (Lipinski definition) is 2. The maximum Gasteiger partial charge on any atom is 0.416 e. The quantitative estimate of drug-likeness (QED) is 0.148. The number of pyridine rings is 1. The number of Topliss-reactive ketones (excluding diaryl/α,β-unsaturated/α-hetero) is 1. The van der Waals surface area contributed by atoms with Crippen LogP contribution >= 0.6 is 23.2 Å². The molecule has 0 aliphatic heterocycles. The Bertz CT molecular complexity index is 1740. The third-order valence-corrected chi connectivity index (χ3v) is 8.31. The molecule has 3 aromatic carbocycles. The number of benzene rings is 3. The summed E-state index contributed by atoms with van der Waals surface area (Å²) in [6.45, 7) is 0.216. The lowest BCUT2D eigenvalue weighted by molar-refractivity contribution is -0.138. The first-order valence-electron chi connectivity index (χ1n) is 14.3. The molecule has 1 heterocycles. The van der Waals surface area contributed by atoms with E-state index in [0.717, 1.165) is 24.5 Å². The Labute approximate surface area is 268 Å². The van der Waals surface area contributed by atoms with Gasteiger partial charge in [0.25, 0.3) is 0 Å². The van der Waals surface area contributed by atoms with Gasteiger partial charge in [0, 0.05) is 48.0 Å². The van der Waals surface area contributed by atoms with Crippen molar-refractivity contribution in [2.45, 2.75) is 50.7 Å². The molecule has 2 N–H and O–H groups in total. The minimum atomic E-state index is -4.55. The molecule has 0 radical (unpaired) electrons. The van der Waals surface area contributed by atoms with Crippen molar-refractivity contribution in [3.8, 4) is 28.0 Å². The fraction of sp³-hybridized carbons (Fsp3) is 0.265. The van der Waals surface area contributed by atoms with Crippen LogP contribution in [-0.2, 0) is 17.5 Å². The molecule has 0 unspecified atom stereocenters. The second-order valence-corrected chi connectivity index (χ2v) is 11.7. The maximum absolute atomic E-state index is 14.0. The standard InChI is InChI=1S/C34H29Cl2F3N2O4/c1-45-23-9-11-25(30(36)16-23)24-10-8-22(15-29(24)35)40-18-28-26(19-5-6-19)13-21(34(37,38)39)14-27(28)20-7-12-31(41-17-20)32(42)3-2-4-33(43)44/h7-17,19,40H,2-6,18H2,1H3,(H,43,44). The van der Waals surface area contributed by atoms with E-state index in [4.69, 9.17) is 33.0 Å². The van der Waals surface area contributed by atoms with Crippen molar-refractivity contribution in [3.05, 3.63) is 99.3 Å². The van der Waals surface area contributed by atoms with E-state index in [9.17, 15) is 22.8 Å². The molecule has 1 fully saturated rings. The van der Waals surface area contributed by atoms with E-state index in [1.54, 1.807) is 31.4 Å². The Morgan fingerprint density at radius 3 is 2.24 bits per heavy atom. The zero-order chi connectivity index (χ0) is 32.3. The number of aromatic nitrogens is 1. The molecule has 1 saturated carbocycles. The van der Waals surface area contributed by atoms with Crippen LogP contribution in [0.25, 0.3) is 22.3 Å². The number of ether oxygens (including phenoxy) is 1. The van der Waals surface area contributed by atoms with E-state index in [-0.39, 0.29) is 43.2 Å². The second-order valence-electron chi connectivity index (χ2n) is 10.9. The summed E-state index contributed by atoms with van der Waals surface area (Å²) in [5.41, 5.74) is 3.61. The zero-order valence-electron chi connectivity index (χ0n) is 24.2. The summed E-state index contributed by atoms with van der Waals surface area (Å²) < 4.78 is 47.3. The van der Waals surface area contributed by atoms with Crippen LogP contribution in [0, 0.1) is 0 Å². The van der Waals surface area contributed by atoms with Gasteiger partial charge in [0.1, 0.15) is 11.4 Å². The van der Waals surface area contributed by atoms with Gasteiger partial charge < -0.3 is 15.2 Å². The largest absolute Gasteiger partial charge is 0.497 e. The van der Waals surface area contributed by atoms with Gasteiger partial charge in [0.2, 0.25) is 0 Å². The number of nitrogens with one attached hydrogen (secondary N) is 1. The van der Waals surface area contributed by atoms with E-state index < -0.39 is 17.7 Å². The zero-order valence-corrected chi connectivity index (χ0v) is 25.7. The Balaban J connectivity index is 1.45. The number of anilines is 1. The van der Waals surface area contributed by atoms with Crippen LogP contribution in [0.2, 0.25) is 10.0 Å². The number of nitrogens with zero attached hydrogens (tertiary/aromatic N) is 1. The molecule has 4 aromatic rings. The van der Waals surface area contributed by atoms with Crippen molar-refractivity contribution in [3.63, 3.8) is 0 Å². The highest BCUT2D eigenvalue weighted by Gasteiger charge is 2.35. The van der Waals surface area contributed by atoms with E-state index in [2.05, 4.69) is 10.3 Å². The molecule has 1 aromatic heterocycles. The SMILES string of the molecule is COc1ccc(-c2ccc(NCc3c(-c4ccc(C(=O)CCCC(=O)O)nc4)cc(C(F)(F)F)cc3C3CC3)cc2Cl)c(Cl)c1. The van der Waals surface area contributed by atoms with Gasteiger partial charge in [-0.3, -0.25) is 14.6 Å². The fourth-order valence-corrected chi connectivity index (χ4v) is 5.75. The van der Waals surface area contributed by atoms with E-state index in [1.165, 1.54) is 18.3 Å². The van der Waals surface area contributed by atoms with Crippen LogP contribution in [0.3, 0.4) is 0 Å². The average molecular weight is 658 g/mol. The van der Waals surface area contributed by atoms with Crippen molar-refractivity contribution in [1.29, 1.82) is 0 Å². The highest BCUT2D eigenvalue weighted by molar-refractivity contribution is 6.36. The van der Waals surface area contributed by atoms with Gasteiger partial charge in [0.15, 0.2) is 5.78 Å². The number of hydrogen-bond acceptors (Lipinski definition) is 5. The predicted molar refractivity (Wildman–Crippen MR) is 168 cm³/mol. The third kappa shape index (κ3) is 7.78. The van der Waals surface area contributed by atoms with Crippen LogP contribution in [-0.4, -0.2) is 29.0 Å². The van der Waals surface area contributed by atoms with E-state index in [1.807, 2.05) is 18.2 Å². The average Bonchev–Trinajstić information content (AvgIpc) is 3.85. The van der Waals surface area contributed by atoms with Crippen LogP contribution < -0.4 is 10.1 Å². The number of alkyl halides is 3. The Morgan fingerprint density at radius 2 is 1.67 bits per heavy atom. The van der Waals surface area contributed by atoms with Crippen molar-refractivity contribution in [2.24, 2.45) is 0 Å². The molecule has 0 amide bonds. The molecule has 0 spiro atoms. The summed E-state index contributed by atoms with van der Waals surface area (Å²) in [4.78, 5) is 27.5. The maximum atomic E-state index is 14.0. The minimum absolute atomic E-state index is 0.00840. The molecule has 0 bridgehead atoms. The first kappa shape index (κ1) is 32.3. The topological polar surface area (TPSA) is 88.5 Å². The Morgan fingerprint density at radius 1 is 0.956 bits per heavy atom. The van der Waals surface area contributed by atoms with Gasteiger partial charge in [-0.05, 0) is 90.4 Å². The van der Waals surface area contributed by atoms with Crippen molar-refractivity contribution >= 4 is 40.6 Å². The highest BCUT2D eigenvalue weighted by Crippen LogP contribution is 2.47. The minimum Gasteiger partial charge on any atom is -0.497 e. The number of methoxy groups -OCH3 is 1. The predicted octanol–water partition coefficient (Wildman–Crippen LogP) is 9.68. The van der Waals surface area contributed by atoms with Gasteiger partial charge in [-0.15, -0.1) is 0 Å². The summed E-state index contributed by atoms with van der Waals surface area (Å²) in [5, 5.41) is 13.1. The lowest BCUT2D eigenvalue weighted by Gasteiger charge is -2.20. The number of rotatable bonds is 12. The Kier molecular flexibility index (Phi) is 9.70. The molecule has 5 rings (SSSR count). The molecular weight excluding hydrogens is 628 g/mol. The van der Waals surface area contributed by atoms with Crippen LogP contribution in [0.4, 0.5) is 18.9 Å². The molecular formula is C34H29Cl2F3N2O4. The molecule has 1 aliphatic rings. The normalized spacial score (nSPS) is 13.0. The summed E-state index contributed by atoms with van der Waals surface area (Å²) in [6, 6.07) is 16.1. The lowest BCUT2D eigenvalue weighted by Crippen LogP contribution is -2.11. The van der Waals surface area contributed by atoms with E-state index in [0.29, 0.717) is 49.3 Å². The summed E-state index contributed by atoms with van der Waals surface area (Å²) in [7, 11) is 1.55. The van der Waals surface area contributed by atoms with Crippen LogP contribution in [0.5, 0.6) is 5.75 Å². The molecule has 1 aliphatic carbocycles. The number of aliphatic carboxylic acids is 1. The first-order chi connectivity index (χ1) is 21.4. The number of carbonyl (C=O) groups excluding carboxylic acids is 1. The molecule has 0 saturated heterocycles. The fourth-order valence-electron chi connectivity index (χ4n) is 5.19. The monoisotopic (exact) mass is 656 g/mol. The molecule has 11 heteroatoms. The molecule has 45 heavy (non-hydrogen) atoms. The van der Waals surface area contributed by atoms with Crippen molar-refractivity contribution < 1.29 is 32.6 Å².